The zero-order chi connectivity index (χ0) is 25.4. The van der Waals surface area contributed by atoms with Crippen molar-refractivity contribution in [1.29, 1.82) is 0 Å². The van der Waals surface area contributed by atoms with E-state index in [1.165, 1.54) is 24.3 Å². The second-order valence-corrected chi connectivity index (χ2v) is 12.1. The van der Waals surface area contributed by atoms with Gasteiger partial charge < -0.3 is 15.0 Å². The average Bonchev–Trinajstić information content (AvgIpc) is 3.08. The maximum Gasteiger partial charge on any atom is 0.241 e. The van der Waals surface area contributed by atoms with Crippen LogP contribution in [0.5, 0.6) is 0 Å². The number of piperazine rings is 1. The molecule has 0 saturated carbocycles. The molecule has 1 amide bonds. The summed E-state index contributed by atoms with van der Waals surface area (Å²) in [5, 5.41) is 3.46. The molecule has 0 aliphatic carbocycles. The minimum atomic E-state index is -4.08. The van der Waals surface area contributed by atoms with Crippen LogP contribution in [-0.4, -0.2) is 71.2 Å². The van der Waals surface area contributed by atoms with Gasteiger partial charge in [0.15, 0.2) is 0 Å². The molecule has 2 atom stereocenters. The van der Waals surface area contributed by atoms with Gasteiger partial charge in [-0.15, -0.1) is 0 Å². The topological polar surface area (TPSA) is 79.0 Å². The molecule has 2 heterocycles. The molecule has 7 nitrogen and oxygen atoms in total. The predicted octanol–water partition coefficient (Wildman–Crippen LogP) is 2.98. The Hall–Kier alpha value is -2.33. The molecule has 35 heavy (non-hydrogen) atoms. The zero-order valence-electron chi connectivity index (χ0n) is 20.8. The number of sulfone groups is 1. The van der Waals surface area contributed by atoms with Gasteiger partial charge in [-0.2, -0.15) is 0 Å². The van der Waals surface area contributed by atoms with Crippen LogP contribution in [-0.2, 0) is 24.8 Å². The van der Waals surface area contributed by atoms with Gasteiger partial charge in [0.25, 0.3) is 0 Å². The van der Waals surface area contributed by atoms with Crippen molar-refractivity contribution in [3.8, 4) is 0 Å². The van der Waals surface area contributed by atoms with Gasteiger partial charge in [0.2, 0.25) is 15.7 Å². The first-order valence-electron chi connectivity index (χ1n) is 12.0. The van der Waals surface area contributed by atoms with Gasteiger partial charge in [0, 0.05) is 56.5 Å². The molecule has 0 spiro atoms. The van der Waals surface area contributed by atoms with Crippen LogP contribution in [0.15, 0.2) is 52.3 Å². The van der Waals surface area contributed by atoms with Crippen molar-refractivity contribution in [1.82, 2.24) is 10.2 Å². The first-order chi connectivity index (χ1) is 16.5. The van der Waals surface area contributed by atoms with Crippen molar-refractivity contribution in [2.75, 3.05) is 44.8 Å². The highest BCUT2D eigenvalue weighted by atomic mass is 32.2. The molecule has 1 N–H and O–H groups in total. The summed E-state index contributed by atoms with van der Waals surface area (Å²) in [6.07, 6.45) is 0.802. The highest BCUT2D eigenvalue weighted by molar-refractivity contribution is 7.91. The Morgan fingerprint density at radius 3 is 2.63 bits per heavy atom. The lowest BCUT2D eigenvalue weighted by Gasteiger charge is -2.39. The summed E-state index contributed by atoms with van der Waals surface area (Å²) in [5.74, 6) is -0.923. The van der Waals surface area contributed by atoms with Crippen molar-refractivity contribution in [2.24, 2.45) is 0 Å². The predicted molar refractivity (Wildman–Crippen MR) is 133 cm³/mol. The van der Waals surface area contributed by atoms with Gasteiger partial charge in [0.05, 0.1) is 11.4 Å². The van der Waals surface area contributed by atoms with E-state index < -0.39 is 26.0 Å². The van der Waals surface area contributed by atoms with Crippen LogP contribution in [0.3, 0.4) is 0 Å². The Labute approximate surface area is 207 Å². The van der Waals surface area contributed by atoms with E-state index in [-0.39, 0.29) is 29.4 Å². The van der Waals surface area contributed by atoms with Crippen molar-refractivity contribution < 1.29 is 22.3 Å². The first kappa shape index (κ1) is 25.8. The highest BCUT2D eigenvalue weighted by Gasteiger charge is 2.41. The third kappa shape index (κ3) is 5.14. The quantitative estimate of drug-likeness (QED) is 0.626. The van der Waals surface area contributed by atoms with Crippen molar-refractivity contribution >= 4 is 21.4 Å². The molecule has 2 aromatic rings. The summed E-state index contributed by atoms with van der Waals surface area (Å²) in [6.45, 7) is 8.63. The van der Waals surface area contributed by atoms with Crippen molar-refractivity contribution in [3.05, 3.63) is 53.8 Å². The summed E-state index contributed by atoms with van der Waals surface area (Å²) >= 11 is 0. The number of rotatable bonds is 7. The molecule has 1 unspecified atom stereocenters. The van der Waals surface area contributed by atoms with Crippen LogP contribution in [0.4, 0.5) is 10.1 Å². The SMILES string of the molecule is COCCC1CN[C@H](C)CN1CC(=O)N1CC(C)(C)c2cc(F)c(S(=O)(=O)c3ccccc3)cc21. The molecule has 1 saturated heterocycles. The van der Waals surface area contributed by atoms with E-state index in [9.17, 15) is 13.2 Å². The number of anilines is 1. The molecule has 0 radical (unpaired) electrons. The fourth-order valence-corrected chi connectivity index (χ4v) is 6.40. The van der Waals surface area contributed by atoms with Crippen LogP contribution in [0.2, 0.25) is 0 Å². The lowest BCUT2D eigenvalue weighted by atomic mass is 9.87. The normalized spacial score (nSPS) is 22.3. The minimum absolute atomic E-state index is 0.0183. The summed E-state index contributed by atoms with van der Waals surface area (Å²) in [6, 6.07) is 10.8. The van der Waals surface area contributed by atoms with Crippen LogP contribution in [0, 0.1) is 5.82 Å². The van der Waals surface area contributed by atoms with E-state index in [0.29, 0.717) is 24.4 Å². The minimum Gasteiger partial charge on any atom is -0.385 e. The number of ether oxygens (including phenoxy) is 1. The molecule has 9 heteroatoms. The smallest absolute Gasteiger partial charge is 0.241 e. The largest absolute Gasteiger partial charge is 0.385 e. The maximum absolute atomic E-state index is 15.2. The number of methoxy groups -OCH3 is 1. The fourth-order valence-electron chi connectivity index (χ4n) is 5.05. The molecule has 2 aromatic carbocycles. The van der Waals surface area contributed by atoms with Gasteiger partial charge >= 0.3 is 0 Å². The second-order valence-electron chi connectivity index (χ2n) is 10.2. The molecule has 2 aliphatic heterocycles. The van der Waals surface area contributed by atoms with E-state index >= 15 is 4.39 Å². The Kier molecular flexibility index (Phi) is 7.33. The second kappa shape index (κ2) is 9.97. The van der Waals surface area contributed by atoms with E-state index in [0.717, 1.165) is 19.5 Å². The number of nitrogens with one attached hydrogen (secondary N) is 1. The third-order valence-electron chi connectivity index (χ3n) is 6.99. The summed E-state index contributed by atoms with van der Waals surface area (Å²) in [7, 11) is -2.41. The maximum atomic E-state index is 15.2. The fraction of sp³-hybridized carbons (Fsp3) is 0.500. The van der Waals surface area contributed by atoms with Gasteiger partial charge in [0.1, 0.15) is 10.7 Å². The van der Waals surface area contributed by atoms with Crippen LogP contribution >= 0.6 is 0 Å². The molecule has 190 valence electrons. The van der Waals surface area contributed by atoms with Crippen LogP contribution < -0.4 is 10.2 Å². The standard InChI is InChI=1S/C26H34FN3O4S/c1-18-15-29(19(14-28-18)10-11-34-4)16-25(31)30-17-26(2,3)21-12-22(27)24(13-23(21)30)35(32,33)20-8-6-5-7-9-20/h5-9,12-13,18-19,28H,10-11,14-17H2,1-4H3/t18-,19?/m1/s1. The number of fused-ring (bicyclic) bond motifs is 1. The lowest BCUT2D eigenvalue weighted by Crippen LogP contribution is -2.58. The number of hydrogen-bond donors (Lipinski definition) is 1. The molecule has 0 bridgehead atoms. The molecule has 2 aliphatic rings. The first-order valence-corrected chi connectivity index (χ1v) is 13.4. The highest BCUT2D eigenvalue weighted by Crippen LogP contribution is 2.43. The molecular weight excluding hydrogens is 469 g/mol. The number of carbonyl (C=O) groups excluding carboxylic acids is 1. The number of benzene rings is 2. The lowest BCUT2D eigenvalue weighted by molar-refractivity contribution is -0.120. The van der Waals surface area contributed by atoms with E-state index in [1.807, 2.05) is 13.8 Å². The number of halogens is 1. The van der Waals surface area contributed by atoms with Gasteiger partial charge in [-0.25, -0.2) is 12.8 Å². The van der Waals surface area contributed by atoms with Crippen LogP contribution in [0.25, 0.3) is 0 Å². The number of carbonyl (C=O) groups is 1. The van der Waals surface area contributed by atoms with Gasteiger partial charge in [-0.3, -0.25) is 9.69 Å². The van der Waals surface area contributed by atoms with Crippen LogP contribution in [0.1, 0.15) is 32.8 Å². The van der Waals surface area contributed by atoms with E-state index in [2.05, 4.69) is 17.1 Å². The monoisotopic (exact) mass is 503 g/mol. The van der Waals surface area contributed by atoms with Gasteiger partial charge in [-0.1, -0.05) is 32.0 Å². The Morgan fingerprint density at radius 2 is 1.94 bits per heavy atom. The Morgan fingerprint density at radius 1 is 1.23 bits per heavy atom. The molecular formula is C26H34FN3O4S. The van der Waals surface area contributed by atoms with Crippen molar-refractivity contribution in [2.45, 2.75) is 54.5 Å². The van der Waals surface area contributed by atoms with Crippen molar-refractivity contribution in [3.63, 3.8) is 0 Å². The molecule has 0 aromatic heterocycles. The third-order valence-corrected chi connectivity index (χ3v) is 8.77. The Balaban J connectivity index is 1.66. The average molecular weight is 504 g/mol. The summed E-state index contributed by atoms with van der Waals surface area (Å²) in [4.78, 5) is 17.0. The zero-order valence-corrected chi connectivity index (χ0v) is 21.6. The number of amides is 1. The molecule has 4 rings (SSSR count). The van der Waals surface area contributed by atoms with E-state index in [4.69, 9.17) is 4.74 Å². The van der Waals surface area contributed by atoms with E-state index in [1.54, 1.807) is 30.2 Å². The Bertz CT molecular complexity index is 1180. The summed E-state index contributed by atoms with van der Waals surface area (Å²) < 4.78 is 46.9. The van der Waals surface area contributed by atoms with Gasteiger partial charge in [-0.05, 0) is 43.2 Å². The molecule has 1 fully saturated rings. The summed E-state index contributed by atoms with van der Waals surface area (Å²) in [5.41, 5.74) is 0.597. The number of nitrogens with zero attached hydrogens (tertiary/aromatic N) is 2. The number of hydrogen-bond acceptors (Lipinski definition) is 6.